The van der Waals surface area contributed by atoms with Crippen molar-refractivity contribution in [2.24, 2.45) is 5.92 Å². The standard InChI is InChI=1S/C23H25N5O2/c29-22-13-21(15-26-28(22)16-19-5-2-1-3-6-19)27-12-4-7-20(17-27)23(30)25-14-18-8-10-24-11-9-18/h1-3,5-6,8-11,13,15,20H,4,7,12,14,16-17H2,(H,25,30). The van der Waals surface area contributed by atoms with Crippen LogP contribution in [0.15, 0.2) is 71.9 Å². The van der Waals surface area contributed by atoms with Gasteiger partial charge >= 0.3 is 0 Å². The zero-order valence-electron chi connectivity index (χ0n) is 16.8. The summed E-state index contributed by atoms with van der Waals surface area (Å²) in [6.45, 7) is 2.35. The smallest absolute Gasteiger partial charge is 0.269 e. The molecule has 1 aliphatic rings. The first kappa shape index (κ1) is 19.8. The zero-order chi connectivity index (χ0) is 20.8. The lowest BCUT2D eigenvalue weighted by atomic mass is 9.96. The van der Waals surface area contributed by atoms with E-state index < -0.39 is 0 Å². The third kappa shape index (κ3) is 4.92. The van der Waals surface area contributed by atoms with Crippen LogP contribution < -0.4 is 15.8 Å². The summed E-state index contributed by atoms with van der Waals surface area (Å²) in [5.74, 6) is -0.0609. The SMILES string of the molecule is O=C(NCc1ccncc1)C1CCCN(c2cnn(Cc3ccccc3)c(=O)c2)C1. The Morgan fingerprint density at radius 2 is 1.90 bits per heavy atom. The summed E-state index contributed by atoms with van der Waals surface area (Å²) in [5, 5.41) is 7.36. The lowest BCUT2D eigenvalue weighted by Crippen LogP contribution is -2.43. The monoisotopic (exact) mass is 403 g/mol. The maximum Gasteiger partial charge on any atom is 0.269 e. The zero-order valence-corrected chi connectivity index (χ0v) is 16.8. The number of amides is 1. The third-order valence-corrected chi connectivity index (χ3v) is 5.40. The number of benzene rings is 1. The first-order valence-electron chi connectivity index (χ1n) is 10.2. The van der Waals surface area contributed by atoms with Gasteiger partial charge in [-0.3, -0.25) is 14.6 Å². The van der Waals surface area contributed by atoms with Crippen LogP contribution >= 0.6 is 0 Å². The van der Waals surface area contributed by atoms with Crippen LogP contribution in [-0.2, 0) is 17.9 Å². The third-order valence-electron chi connectivity index (χ3n) is 5.40. The molecule has 30 heavy (non-hydrogen) atoms. The van der Waals surface area contributed by atoms with Crippen molar-refractivity contribution in [2.75, 3.05) is 18.0 Å². The second kappa shape index (κ2) is 9.35. The fraction of sp³-hybridized carbons (Fsp3) is 0.304. The normalized spacial score (nSPS) is 16.3. The van der Waals surface area contributed by atoms with Crippen LogP contribution in [0, 0.1) is 5.92 Å². The molecule has 1 aliphatic heterocycles. The number of nitrogens with zero attached hydrogens (tertiary/aromatic N) is 4. The number of piperidine rings is 1. The molecule has 7 heteroatoms. The highest BCUT2D eigenvalue weighted by Crippen LogP contribution is 2.22. The molecule has 1 atom stereocenters. The lowest BCUT2D eigenvalue weighted by Gasteiger charge is -2.33. The molecule has 0 aliphatic carbocycles. The Morgan fingerprint density at radius 3 is 2.67 bits per heavy atom. The van der Waals surface area contributed by atoms with E-state index in [0.29, 0.717) is 19.6 Å². The van der Waals surface area contributed by atoms with E-state index >= 15 is 0 Å². The Balaban J connectivity index is 1.38. The van der Waals surface area contributed by atoms with Gasteiger partial charge in [-0.25, -0.2) is 4.68 Å². The molecule has 1 unspecified atom stereocenters. The van der Waals surface area contributed by atoms with E-state index in [1.807, 2.05) is 42.5 Å². The Kier molecular flexibility index (Phi) is 6.17. The Morgan fingerprint density at radius 1 is 1.10 bits per heavy atom. The van der Waals surface area contributed by atoms with Gasteiger partial charge in [0.1, 0.15) is 0 Å². The van der Waals surface area contributed by atoms with Crippen molar-refractivity contribution in [3.05, 3.63) is 88.6 Å². The van der Waals surface area contributed by atoms with E-state index in [1.165, 1.54) is 4.68 Å². The topological polar surface area (TPSA) is 80.1 Å². The van der Waals surface area contributed by atoms with Crippen LogP contribution in [0.4, 0.5) is 5.69 Å². The van der Waals surface area contributed by atoms with Crippen LogP contribution in [0.2, 0.25) is 0 Å². The molecule has 0 saturated carbocycles. The summed E-state index contributed by atoms with van der Waals surface area (Å²) in [6, 6.07) is 15.2. The number of carbonyl (C=O) groups excluding carboxylic acids is 1. The van der Waals surface area contributed by atoms with Crippen molar-refractivity contribution in [3.63, 3.8) is 0 Å². The molecule has 1 N–H and O–H groups in total. The molecule has 2 aromatic heterocycles. The first-order valence-corrected chi connectivity index (χ1v) is 10.2. The second-order valence-corrected chi connectivity index (χ2v) is 7.55. The molecule has 1 amide bonds. The van der Waals surface area contributed by atoms with Crippen LogP contribution in [0.3, 0.4) is 0 Å². The van der Waals surface area contributed by atoms with Crippen molar-refractivity contribution in [2.45, 2.75) is 25.9 Å². The number of rotatable bonds is 6. The van der Waals surface area contributed by atoms with Crippen molar-refractivity contribution in [3.8, 4) is 0 Å². The fourth-order valence-electron chi connectivity index (χ4n) is 3.73. The number of carbonyl (C=O) groups is 1. The minimum absolute atomic E-state index is 0.0434. The summed E-state index contributed by atoms with van der Waals surface area (Å²) < 4.78 is 1.46. The predicted octanol–water partition coefficient (Wildman–Crippen LogP) is 2.22. The van der Waals surface area contributed by atoms with Gasteiger partial charge in [0.15, 0.2) is 0 Å². The summed E-state index contributed by atoms with van der Waals surface area (Å²) in [5.41, 5.74) is 2.69. The van der Waals surface area contributed by atoms with Gasteiger partial charge < -0.3 is 10.2 Å². The van der Waals surface area contributed by atoms with Gasteiger partial charge in [0.25, 0.3) is 5.56 Å². The minimum atomic E-state index is -0.138. The van der Waals surface area contributed by atoms with E-state index in [1.54, 1.807) is 24.7 Å². The fourth-order valence-corrected chi connectivity index (χ4v) is 3.73. The van der Waals surface area contributed by atoms with Gasteiger partial charge in [-0.2, -0.15) is 5.10 Å². The van der Waals surface area contributed by atoms with E-state index in [0.717, 1.165) is 36.2 Å². The van der Waals surface area contributed by atoms with Gasteiger partial charge in [0.05, 0.1) is 24.3 Å². The van der Waals surface area contributed by atoms with E-state index in [4.69, 9.17) is 0 Å². The molecule has 3 aromatic rings. The highest BCUT2D eigenvalue weighted by Gasteiger charge is 2.26. The predicted molar refractivity (Wildman–Crippen MR) is 115 cm³/mol. The maximum atomic E-state index is 12.6. The highest BCUT2D eigenvalue weighted by atomic mass is 16.2. The number of pyridine rings is 1. The lowest BCUT2D eigenvalue weighted by molar-refractivity contribution is -0.125. The summed E-state index contributed by atoms with van der Waals surface area (Å²) in [7, 11) is 0. The molecule has 7 nitrogen and oxygen atoms in total. The molecule has 154 valence electrons. The largest absolute Gasteiger partial charge is 0.369 e. The van der Waals surface area contributed by atoms with Crippen molar-refractivity contribution in [1.29, 1.82) is 0 Å². The van der Waals surface area contributed by atoms with Crippen molar-refractivity contribution < 1.29 is 4.79 Å². The Bertz CT molecular complexity index is 1040. The molecule has 0 spiro atoms. The molecule has 1 aromatic carbocycles. The molecular formula is C23H25N5O2. The summed E-state index contributed by atoms with van der Waals surface area (Å²) in [4.78, 5) is 31.3. The Labute approximate surface area is 175 Å². The number of hydrogen-bond acceptors (Lipinski definition) is 5. The number of anilines is 1. The van der Waals surface area contributed by atoms with Crippen LogP contribution in [0.25, 0.3) is 0 Å². The molecule has 1 saturated heterocycles. The number of nitrogens with one attached hydrogen (secondary N) is 1. The molecule has 3 heterocycles. The quantitative estimate of drug-likeness (QED) is 0.683. The van der Waals surface area contributed by atoms with Crippen LogP contribution in [-0.4, -0.2) is 33.8 Å². The van der Waals surface area contributed by atoms with E-state index in [9.17, 15) is 9.59 Å². The van der Waals surface area contributed by atoms with Gasteiger partial charge in [-0.15, -0.1) is 0 Å². The minimum Gasteiger partial charge on any atom is -0.369 e. The van der Waals surface area contributed by atoms with Gasteiger partial charge in [0, 0.05) is 38.1 Å². The molecular weight excluding hydrogens is 378 g/mol. The van der Waals surface area contributed by atoms with E-state index in [2.05, 4.69) is 20.3 Å². The average molecular weight is 403 g/mol. The van der Waals surface area contributed by atoms with Crippen LogP contribution in [0.5, 0.6) is 0 Å². The second-order valence-electron chi connectivity index (χ2n) is 7.55. The summed E-state index contributed by atoms with van der Waals surface area (Å²) in [6.07, 6.45) is 6.91. The molecule has 0 radical (unpaired) electrons. The number of hydrogen-bond donors (Lipinski definition) is 1. The van der Waals surface area contributed by atoms with E-state index in [-0.39, 0.29) is 17.4 Å². The average Bonchev–Trinajstić information content (AvgIpc) is 2.80. The Hall–Kier alpha value is -3.48. The van der Waals surface area contributed by atoms with Crippen molar-refractivity contribution in [1.82, 2.24) is 20.1 Å². The van der Waals surface area contributed by atoms with Gasteiger partial charge in [0.2, 0.25) is 5.91 Å². The maximum absolute atomic E-state index is 12.6. The molecule has 4 rings (SSSR count). The van der Waals surface area contributed by atoms with Crippen molar-refractivity contribution >= 4 is 11.6 Å². The number of aromatic nitrogens is 3. The molecule has 1 fully saturated rings. The van der Waals surface area contributed by atoms with Crippen LogP contribution in [0.1, 0.15) is 24.0 Å². The summed E-state index contributed by atoms with van der Waals surface area (Å²) >= 11 is 0. The van der Waals surface area contributed by atoms with Gasteiger partial charge in [-0.05, 0) is 36.1 Å². The first-order chi connectivity index (χ1) is 14.7. The van der Waals surface area contributed by atoms with Gasteiger partial charge in [-0.1, -0.05) is 30.3 Å². The molecule has 0 bridgehead atoms. The highest BCUT2D eigenvalue weighted by molar-refractivity contribution is 5.79.